The van der Waals surface area contributed by atoms with Gasteiger partial charge in [0, 0.05) is 16.9 Å². The summed E-state index contributed by atoms with van der Waals surface area (Å²) in [6.07, 6.45) is -4.17. The Bertz CT molecular complexity index is 404. The van der Waals surface area contributed by atoms with Crippen molar-refractivity contribution in [3.05, 3.63) is 33.8 Å². The number of benzene rings is 1. The van der Waals surface area contributed by atoms with E-state index in [9.17, 15) is 13.2 Å². The van der Waals surface area contributed by atoms with Crippen LogP contribution in [0, 0.1) is 6.92 Å². The third-order valence-electron chi connectivity index (χ3n) is 3.00. The van der Waals surface area contributed by atoms with Crippen molar-refractivity contribution in [3.63, 3.8) is 0 Å². The fourth-order valence-electron chi connectivity index (χ4n) is 2.06. The molecule has 0 fully saturated rings. The third-order valence-corrected chi connectivity index (χ3v) is 4.08. The van der Waals surface area contributed by atoms with Crippen molar-refractivity contribution in [2.45, 2.75) is 45.3 Å². The zero-order chi connectivity index (χ0) is 14.5. The summed E-state index contributed by atoms with van der Waals surface area (Å²) in [4.78, 5) is 0. The molecule has 0 aromatic heterocycles. The minimum absolute atomic E-state index is 0.0402. The number of hydrogen-bond acceptors (Lipinski definition) is 1. The van der Waals surface area contributed by atoms with Crippen LogP contribution in [0.25, 0.3) is 0 Å². The SMILES string of the molecule is CCNC(CCCC(F)(F)F)c1cccc(C)c1Br. The van der Waals surface area contributed by atoms with E-state index in [-0.39, 0.29) is 12.5 Å². The van der Waals surface area contributed by atoms with E-state index in [4.69, 9.17) is 0 Å². The minimum Gasteiger partial charge on any atom is -0.310 e. The van der Waals surface area contributed by atoms with Crippen molar-refractivity contribution in [3.8, 4) is 0 Å². The first-order chi connectivity index (χ1) is 8.85. The van der Waals surface area contributed by atoms with Gasteiger partial charge in [-0.25, -0.2) is 0 Å². The monoisotopic (exact) mass is 337 g/mol. The molecule has 0 heterocycles. The topological polar surface area (TPSA) is 12.0 Å². The lowest BCUT2D eigenvalue weighted by atomic mass is 9.99. The zero-order valence-corrected chi connectivity index (χ0v) is 12.7. The Morgan fingerprint density at radius 3 is 2.58 bits per heavy atom. The fourth-order valence-corrected chi connectivity index (χ4v) is 2.60. The summed E-state index contributed by atoms with van der Waals surface area (Å²) in [5, 5.41) is 3.26. The maximum absolute atomic E-state index is 12.2. The van der Waals surface area contributed by atoms with Gasteiger partial charge in [-0.15, -0.1) is 0 Å². The molecule has 0 spiro atoms. The van der Waals surface area contributed by atoms with Gasteiger partial charge in [0.15, 0.2) is 0 Å². The van der Waals surface area contributed by atoms with Crippen LogP contribution in [0.1, 0.15) is 43.4 Å². The van der Waals surface area contributed by atoms with Crippen LogP contribution in [0.2, 0.25) is 0 Å². The van der Waals surface area contributed by atoms with Crippen molar-refractivity contribution < 1.29 is 13.2 Å². The van der Waals surface area contributed by atoms with Gasteiger partial charge in [0.2, 0.25) is 0 Å². The zero-order valence-electron chi connectivity index (χ0n) is 11.1. The molecule has 0 amide bonds. The molecule has 0 radical (unpaired) electrons. The molecule has 1 aromatic carbocycles. The van der Waals surface area contributed by atoms with Gasteiger partial charge in [0.1, 0.15) is 0 Å². The maximum atomic E-state index is 12.2. The van der Waals surface area contributed by atoms with Crippen LogP contribution in [-0.2, 0) is 0 Å². The Morgan fingerprint density at radius 1 is 1.32 bits per heavy atom. The molecule has 1 nitrogen and oxygen atoms in total. The lowest BCUT2D eigenvalue weighted by Gasteiger charge is -2.21. The summed E-state index contributed by atoms with van der Waals surface area (Å²) in [5.74, 6) is 0. The molecule has 0 saturated heterocycles. The molecular formula is C14H19BrF3N. The molecule has 19 heavy (non-hydrogen) atoms. The van der Waals surface area contributed by atoms with Crippen LogP contribution in [0.5, 0.6) is 0 Å². The molecule has 108 valence electrons. The van der Waals surface area contributed by atoms with Gasteiger partial charge in [0.05, 0.1) is 0 Å². The van der Waals surface area contributed by atoms with Gasteiger partial charge >= 0.3 is 6.18 Å². The van der Waals surface area contributed by atoms with E-state index in [0.717, 1.165) is 22.1 Å². The van der Waals surface area contributed by atoms with Crippen LogP contribution in [0.4, 0.5) is 13.2 Å². The van der Waals surface area contributed by atoms with Crippen LogP contribution in [-0.4, -0.2) is 12.7 Å². The molecule has 5 heteroatoms. The molecule has 1 atom stereocenters. The van der Waals surface area contributed by atoms with E-state index in [0.29, 0.717) is 6.42 Å². The van der Waals surface area contributed by atoms with E-state index in [2.05, 4.69) is 21.2 Å². The summed E-state index contributed by atoms with van der Waals surface area (Å²) in [6, 6.07) is 5.83. The van der Waals surface area contributed by atoms with Crippen molar-refractivity contribution in [1.29, 1.82) is 0 Å². The first-order valence-corrected chi connectivity index (χ1v) is 7.19. The predicted octanol–water partition coefficient (Wildman–Crippen LogP) is 5.14. The molecule has 0 aliphatic rings. The van der Waals surface area contributed by atoms with Gasteiger partial charge in [-0.3, -0.25) is 0 Å². The first-order valence-electron chi connectivity index (χ1n) is 6.40. The molecule has 1 unspecified atom stereocenters. The summed E-state index contributed by atoms with van der Waals surface area (Å²) < 4.78 is 37.6. The van der Waals surface area contributed by atoms with Crippen molar-refractivity contribution in [1.82, 2.24) is 5.32 Å². The molecule has 1 rings (SSSR count). The van der Waals surface area contributed by atoms with Crippen LogP contribution < -0.4 is 5.32 Å². The Balaban J connectivity index is 2.74. The number of aryl methyl sites for hydroxylation is 1. The van der Waals surface area contributed by atoms with Crippen LogP contribution >= 0.6 is 15.9 Å². The molecule has 1 N–H and O–H groups in total. The van der Waals surface area contributed by atoms with Crippen molar-refractivity contribution >= 4 is 15.9 Å². The Labute approximate surface area is 120 Å². The fraction of sp³-hybridized carbons (Fsp3) is 0.571. The summed E-state index contributed by atoms with van der Waals surface area (Å²) in [5.41, 5.74) is 2.13. The van der Waals surface area contributed by atoms with Crippen molar-refractivity contribution in [2.75, 3.05) is 6.54 Å². The second kappa shape index (κ2) is 7.29. The van der Waals surface area contributed by atoms with E-state index in [1.165, 1.54) is 0 Å². The standard InChI is InChI=1S/C14H19BrF3N/c1-3-19-12(8-5-9-14(16,17)18)11-7-4-6-10(2)13(11)15/h4,6-7,12,19H,3,5,8-9H2,1-2H3. The number of hydrogen-bond donors (Lipinski definition) is 1. The number of rotatable bonds is 6. The quantitative estimate of drug-likeness (QED) is 0.757. The lowest BCUT2D eigenvalue weighted by molar-refractivity contribution is -0.135. The molecule has 0 saturated carbocycles. The largest absolute Gasteiger partial charge is 0.389 e. The minimum atomic E-state index is -4.07. The number of alkyl halides is 3. The third kappa shape index (κ3) is 5.53. The van der Waals surface area contributed by atoms with Crippen molar-refractivity contribution in [2.24, 2.45) is 0 Å². The highest BCUT2D eigenvalue weighted by Gasteiger charge is 2.27. The van der Waals surface area contributed by atoms with Gasteiger partial charge < -0.3 is 5.32 Å². The number of halogens is 4. The average molecular weight is 338 g/mol. The second-order valence-corrected chi connectivity index (χ2v) is 5.39. The van der Waals surface area contributed by atoms with Gasteiger partial charge in [0.25, 0.3) is 0 Å². The average Bonchev–Trinajstić information content (AvgIpc) is 2.30. The lowest BCUT2D eigenvalue weighted by Crippen LogP contribution is -2.22. The summed E-state index contributed by atoms with van der Waals surface area (Å²) in [6.45, 7) is 4.67. The van der Waals surface area contributed by atoms with Crippen LogP contribution in [0.15, 0.2) is 22.7 Å². The van der Waals surface area contributed by atoms with Gasteiger partial charge in [-0.2, -0.15) is 13.2 Å². The Hall–Kier alpha value is -0.550. The van der Waals surface area contributed by atoms with Crippen LogP contribution in [0.3, 0.4) is 0 Å². The first kappa shape index (κ1) is 16.5. The highest BCUT2D eigenvalue weighted by atomic mass is 79.9. The molecule has 0 bridgehead atoms. The van der Waals surface area contributed by atoms with E-state index in [1.807, 2.05) is 32.0 Å². The Morgan fingerprint density at radius 2 is 2.00 bits per heavy atom. The van der Waals surface area contributed by atoms with Gasteiger partial charge in [-0.1, -0.05) is 41.1 Å². The van der Waals surface area contributed by atoms with E-state index >= 15 is 0 Å². The highest BCUT2D eigenvalue weighted by molar-refractivity contribution is 9.10. The second-order valence-electron chi connectivity index (χ2n) is 4.60. The normalized spacial score (nSPS) is 13.6. The molecule has 1 aromatic rings. The molecular weight excluding hydrogens is 319 g/mol. The maximum Gasteiger partial charge on any atom is 0.389 e. The number of nitrogens with one attached hydrogen (secondary N) is 1. The molecule has 0 aliphatic carbocycles. The van der Waals surface area contributed by atoms with E-state index in [1.54, 1.807) is 0 Å². The summed E-state index contributed by atoms with van der Waals surface area (Å²) >= 11 is 3.52. The smallest absolute Gasteiger partial charge is 0.310 e. The highest BCUT2D eigenvalue weighted by Crippen LogP contribution is 2.31. The molecule has 0 aliphatic heterocycles. The Kier molecular flexibility index (Phi) is 6.33. The predicted molar refractivity (Wildman–Crippen MR) is 75.2 cm³/mol. The summed E-state index contributed by atoms with van der Waals surface area (Å²) in [7, 11) is 0. The van der Waals surface area contributed by atoms with Gasteiger partial charge in [-0.05, 0) is 37.4 Å². The van der Waals surface area contributed by atoms with E-state index < -0.39 is 12.6 Å².